The van der Waals surface area contributed by atoms with E-state index in [-0.39, 0.29) is 17.9 Å². The molecule has 2 aromatic rings. The van der Waals surface area contributed by atoms with Gasteiger partial charge < -0.3 is 4.74 Å². The summed E-state index contributed by atoms with van der Waals surface area (Å²) in [5.74, 6) is -0.0872. The molecule has 6 nitrogen and oxygen atoms in total. The molecule has 0 unspecified atom stereocenters. The van der Waals surface area contributed by atoms with Crippen molar-refractivity contribution in [2.24, 2.45) is 0 Å². The van der Waals surface area contributed by atoms with Crippen LogP contribution in [-0.4, -0.2) is 27.7 Å². The molecule has 0 aliphatic rings. The second-order valence-electron chi connectivity index (χ2n) is 3.87. The monoisotopic (exact) mass is 280 g/mol. The maximum Gasteiger partial charge on any atom is 0.337 e. The lowest BCUT2D eigenvalue weighted by atomic mass is 10.1. The van der Waals surface area contributed by atoms with Gasteiger partial charge in [-0.3, -0.25) is 10.1 Å². The zero-order chi connectivity index (χ0) is 13.8. The fourth-order valence-corrected chi connectivity index (χ4v) is 1.83. The number of rotatable bonds is 4. The highest BCUT2D eigenvalue weighted by Gasteiger charge is 2.11. The number of aromatic nitrogens is 3. The summed E-state index contributed by atoms with van der Waals surface area (Å²) in [6.07, 6.45) is 0. The molecule has 1 heterocycles. The zero-order valence-corrected chi connectivity index (χ0v) is 11.3. The minimum Gasteiger partial charge on any atom is -0.463 e. The summed E-state index contributed by atoms with van der Waals surface area (Å²) in [5, 5.41) is 9.45. The molecule has 0 atom stereocenters. The fourth-order valence-electron chi connectivity index (χ4n) is 1.54. The number of anilines is 1. The number of aromatic amines is 1. The highest BCUT2D eigenvalue weighted by atomic mass is 35.5. The van der Waals surface area contributed by atoms with E-state index in [2.05, 4.69) is 20.5 Å². The van der Waals surface area contributed by atoms with Crippen molar-refractivity contribution >= 4 is 23.5 Å². The van der Waals surface area contributed by atoms with Crippen molar-refractivity contribution in [1.29, 1.82) is 0 Å². The maximum absolute atomic E-state index is 12.0. The lowest BCUT2D eigenvalue weighted by Gasteiger charge is -2.03. The third-order valence-electron chi connectivity index (χ3n) is 2.27. The van der Waals surface area contributed by atoms with Crippen LogP contribution in [0.2, 0.25) is 5.02 Å². The number of benzene rings is 1. The first-order chi connectivity index (χ1) is 9.08. The van der Waals surface area contributed by atoms with E-state index in [0.717, 1.165) is 5.56 Å². The first-order valence-corrected chi connectivity index (χ1v) is 6.10. The molecule has 2 N–H and O–H groups in total. The number of H-pyrrole nitrogens is 1. The summed E-state index contributed by atoms with van der Waals surface area (Å²) in [7, 11) is 0. The Kier molecular flexibility index (Phi) is 4.01. The van der Waals surface area contributed by atoms with Gasteiger partial charge in [0.2, 0.25) is 5.95 Å². The minimum absolute atomic E-state index is 0.195. The number of aryl methyl sites for hydroxylation is 1. The van der Waals surface area contributed by atoms with Crippen molar-refractivity contribution in [3.63, 3.8) is 0 Å². The van der Waals surface area contributed by atoms with Crippen molar-refractivity contribution in [3.8, 4) is 6.01 Å². The number of halogens is 1. The molecule has 0 aliphatic heterocycles. The van der Waals surface area contributed by atoms with Gasteiger partial charge in [-0.25, -0.2) is 5.10 Å². The second-order valence-corrected chi connectivity index (χ2v) is 4.31. The van der Waals surface area contributed by atoms with Gasteiger partial charge in [0.1, 0.15) is 0 Å². The molecule has 1 aromatic heterocycles. The summed E-state index contributed by atoms with van der Waals surface area (Å²) in [4.78, 5) is 15.9. The molecule has 2 rings (SSSR count). The summed E-state index contributed by atoms with van der Waals surface area (Å²) in [6.45, 7) is 4.15. The average molecular weight is 281 g/mol. The lowest BCUT2D eigenvalue weighted by Crippen LogP contribution is -2.13. The molecule has 19 heavy (non-hydrogen) atoms. The number of ether oxygens (including phenoxy) is 1. The quantitative estimate of drug-likeness (QED) is 0.901. The lowest BCUT2D eigenvalue weighted by molar-refractivity contribution is 0.102. The van der Waals surface area contributed by atoms with Crippen molar-refractivity contribution in [2.75, 3.05) is 11.9 Å². The highest BCUT2D eigenvalue weighted by Crippen LogP contribution is 2.15. The molecule has 0 aliphatic carbocycles. The van der Waals surface area contributed by atoms with Gasteiger partial charge in [-0.2, -0.15) is 4.98 Å². The van der Waals surface area contributed by atoms with Crippen LogP contribution in [-0.2, 0) is 0 Å². The first-order valence-electron chi connectivity index (χ1n) is 5.72. The number of nitrogens with zero attached hydrogens (tertiary/aromatic N) is 2. The van der Waals surface area contributed by atoms with Gasteiger partial charge in [0.15, 0.2) is 0 Å². The van der Waals surface area contributed by atoms with E-state index in [4.69, 9.17) is 16.3 Å². The Labute approximate surface area is 115 Å². The maximum atomic E-state index is 12.0. The topological polar surface area (TPSA) is 79.9 Å². The minimum atomic E-state index is -0.315. The predicted molar refractivity (Wildman–Crippen MR) is 71.7 cm³/mol. The number of nitrogens with one attached hydrogen (secondary N) is 2. The molecule has 0 saturated carbocycles. The van der Waals surface area contributed by atoms with Gasteiger partial charge in [0, 0.05) is 10.6 Å². The second kappa shape index (κ2) is 5.71. The Bertz CT molecular complexity index is 577. The van der Waals surface area contributed by atoms with Gasteiger partial charge in [0.05, 0.1) is 6.61 Å². The number of carbonyl (C=O) groups excluding carboxylic acids is 1. The van der Waals surface area contributed by atoms with Gasteiger partial charge >= 0.3 is 6.01 Å². The Morgan fingerprint density at radius 2 is 2.26 bits per heavy atom. The van der Waals surface area contributed by atoms with Crippen LogP contribution in [0, 0.1) is 6.92 Å². The molecular weight excluding hydrogens is 268 g/mol. The molecule has 1 aromatic carbocycles. The normalized spacial score (nSPS) is 10.3. The zero-order valence-electron chi connectivity index (χ0n) is 10.5. The molecule has 0 bridgehead atoms. The summed E-state index contributed by atoms with van der Waals surface area (Å²) in [5.41, 5.74) is 1.37. The molecule has 100 valence electrons. The number of hydrogen-bond donors (Lipinski definition) is 2. The van der Waals surface area contributed by atoms with Crippen LogP contribution in [0.4, 0.5) is 5.95 Å². The van der Waals surface area contributed by atoms with E-state index in [1.165, 1.54) is 0 Å². The summed E-state index contributed by atoms with van der Waals surface area (Å²) in [6, 6.07) is 5.30. The molecule has 7 heteroatoms. The van der Waals surface area contributed by atoms with E-state index < -0.39 is 0 Å². The Morgan fingerprint density at radius 3 is 2.95 bits per heavy atom. The number of amides is 1. The van der Waals surface area contributed by atoms with E-state index in [1.807, 2.05) is 13.8 Å². The largest absolute Gasteiger partial charge is 0.463 e. The standard InChI is InChI=1S/C12H13ClN4O2/c1-3-19-12-15-11(16-17-12)14-10(18)8-4-7(2)5-9(13)6-8/h4-6H,3H2,1-2H3,(H2,14,15,16,17,18). The van der Waals surface area contributed by atoms with Crippen LogP contribution < -0.4 is 10.1 Å². The highest BCUT2D eigenvalue weighted by molar-refractivity contribution is 6.31. The van der Waals surface area contributed by atoms with Crippen LogP contribution in [0.3, 0.4) is 0 Å². The molecule has 0 radical (unpaired) electrons. The van der Waals surface area contributed by atoms with Crippen molar-refractivity contribution < 1.29 is 9.53 Å². The van der Waals surface area contributed by atoms with E-state index >= 15 is 0 Å². The Hall–Kier alpha value is -2.08. The van der Waals surface area contributed by atoms with Gasteiger partial charge in [0.25, 0.3) is 5.91 Å². The van der Waals surface area contributed by atoms with Crippen molar-refractivity contribution in [1.82, 2.24) is 15.2 Å². The van der Waals surface area contributed by atoms with Crippen molar-refractivity contribution in [3.05, 3.63) is 34.3 Å². The molecule has 0 fully saturated rings. The van der Waals surface area contributed by atoms with Gasteiger partial charge in [-0.05, 0) is 37.6 Å². The predicted octanol–water partition coefficient (Wildman–Crippen LogP) is 2.42. The Balaban J connectivity index is 2.11. The third kappa shape index (κ3) is 3.45. The molecule has 1 amide bonds. The van der Waals surface area contributed by atoms with Crippen LogP contribution >= 0.6 is 11.6 Å². The van der Waals surface area contributed by atoms with Crippen LogP contribution in [0.1, 0.15) is 22.8 Å². The smallest absolute Gasteiger partial charge is 0.337 e. The van der Waals surface area contributed by atoms with E-state index in [9.17, 15) is 4.79 Å². The summed E-state index contributed by atoms with van der Waals surface area (Å²) < 4.78 is 5.09. The van der Waals surface area contributed by atoms with E-state index in [0.29, 0.717) is 17.2 Å². The van der Waals surface area contributed by atoms with Gasteiger partial charge in [-0.1, -0.05) is 11.6 Å². The molecular formula is C12H13ClN4O2. The average Bonchev–Trinajstić information content (AvgIpc) is 2.76. The fraction of sp³-hybridized carbons (Fsp3) is 0.250. The first kappa shape index (κ1) is 13.4. The van der Waals surface area contributed by atoms with Crippen LogP contribution in [0.15, 0.2) is 18.2 Å². The third-order valence-corrected chi connectivity index (χ3v) is 2.49. The van der Waals surface area contributed by atoms with E-state index in [1.54, 1.807) is 18.2 Å². The van der Waals surface area contributed by atoms with Crippen LogP contribution in [0.25, 0.3) is 0 Å². The number of hydrogen-bond acceptors (Lipinski definition) is 4. The van der Waals surface area contributed by atoms with Crippen LogP contribution in [0.5, 0.6) is 6.01 Å². The molecule has 0 saturated heterocycles. The van der Waals surface area contributed by atoms with Gasteiger partial charge in [-0.15, -0.1) is 5.10 Å². The molecule has 0 spiro atoms. The SMILES string of the molecule is CCOc1n[nH]c(NC(=O)c2cc(C)cc(Cl)c2)n1. The van der Waals surface area contributed by atoms with Crippen molar-refractivity contribution in [2.45, 2.75) is 13.8 Å². The number of carbonyl (C=O) groups is 1. The Morgan fingerprint density at radius 1 is 1.47 bits per heavy atom. The summed E-state index contributed by atoms with van der Waals surface area (Å²) >= 11 is 5.91.